The van der Waals surface area contributed by atoms with Gasteiger partial charge in [-0.05, 0) is 38.1 Å². The number of aryl methyl sites for hydroxylation is 1. The molecule has 0 heterocycles. The number of benzene rings is 1. The summed E-state index contributed by atoms with van der Waals surface area (Å²) < 4.78 is 38.0. The summed E-state index contributed by atoms with van der Waals surface area (Å²) in [6.45, 7) is 3.90. The van der Waals surface area contributed by atoms with Crippen LogP contribution in [0.3, 0.4) is 0 Å². The van der Waals surface area contributed by atoms with E-state index in [9.17, 15) is 12.8 Å². The molecule has 1 aromatic carbocycles. The molecule has 0 bridgehead atoms. The molecule has 0 saturated carbocycles. The molecule has 1 unspecified atom stereocenters. The molecule has 1 atom stereocenters. The van der Waals surface area contributed by atoms with Crippen LogP contribution in [0.25, 0.3) is 0 Å². The van der Waals surface area contributed by atoms with Crippen LogP contribution in [0, 0.1) is 12.7 Å². The molecule has 0 aromatic heterocycles. The third-order valence-electron chi connectivity index (χ3n) is 2.83. The van der Waals surface area contributed by atoms with Gasteiger partial charge < -0.3 is 5.32 Å². The standard InChI is InChI=1S/C12H19FN2O2S/c1-9-4-5-11(8-12(9)13)10(2)15-6-7-18(16,17)14-3/h4-5,8,10,14-15H,6-7H2,1-3H3. The SMILES string of the molecule is CNS(=O)(=O)CCNC(C)c1ccc(C)c(F)c1. The van der Waals surface area contributed by atoms with Crippen LogP contribution in [0.5, 0.6) is 0 Å². The fourth-order valence-corrected chi connectivity index (χ4v) is 2.10. The predicted molar refractivity (Wildman–Crippen MR) is 70.4 cm³/mol. The molecule has 0 aliphatic carbocycles. The maximum Gasteiger partial charge on any atom is 0.212 e. The largest absolute Gasteiger partial charge is 0.309 e. The van der Waals surface area contributed by atoms with E-state index in [0.717, 1.165) is 5.56 Å². The van der Waals surface area contributed by atoms with Crippen molar-refractivity contribution in [3.05, 3.63) is 35.1 Å². The van der Waals surface area contributed by atoms with Gasteiger partial charge in [0.1, 0.15) is 5.82 Å². The Hall–Kier alpha value is -0.980. The molecule has 18 heavy (non-hydrogen) atoms. The second kappa shape index (κ2) is 6.26. The van der Waals surface area contributed by atoms with Crippen molar-refractivity contribution < 1.29 is 12.8 Å². The van der Waals surface area contributed by atoms with Gasteiger partial charge in [-0.15, -0.1) is 0 Å². The van der Waals surface area contributed by atoms with Gasteiger partial charge in [0, 0.05) is 12.6 Å². The fraction of sp³-hybridized carbons (Fsp3) is 0.500. The average Bonchev–Trinajstić information content (AvgIpc) is 2.32. The lowest BCUT2D eigenvalue weighted by atomic mass is 10.1. The Balaban J connectivity index is 2.55. The van der Waals surface area contributed by atoms with Crippen molar-refractivity contribution >= 4 is 10.0 Å². The summed E-state index contributed by atoms with van der Waals surface area (Å²) in [7, 11) is -1.82. The summed E-state index contributed by atoms with van der Waals surface area (Å²) in [6, 6.07) is 4.93. The number of sulfonamides is 1. The van der Waals surface area contributed by atoms with Gasteiger partial charge in [-0.3, -0.25) is 0 Å². The molecule has 102 valence electrons. The van der Waals surface area contributed by atoms with E-state index in [0.29, 0.717) is 12.1 Å². The maximum absolute atomic E-state index is 13.4. The summed E-state index contributed by atoms with van der Waals surface area (Å²) in [5.41, 5.74) is 1.41. The zero-order chi connectivity index (χ0) is 13.8. The van der Waals surface area contributed by atoms with Gasteiger partial charge >= 0.3 is 0 Å². The van der Waals surface area contributed by atoms with Crippen LogP contribution < -0.4 is 10.0 Å². The Kier molecular flexibility index (Phi) is 5.25. The Morgan fingerprint density at radius 2 is 2.06 bits per heavy atom. The topological polar surface area (TPSA) is 58.2 Å². The van der Waals surface area contributed by atoms with E-state index in [1.807, 2.05) is 13.0 Å². The van der Waals surface area contributed by atoms with E-state index < -0.39 is 10.0 Å². The number of hydrogen-bond acceptors (Lipinski definition) is 3. The Bertz CT molecular complexity index is 503. The monoisotopic (exact) mass is 274 g/mol. The summed E-state index contributed by atoms with van der Waals surface area (Å²) in [6.07, 6.45) is 0. The lowest BCUT2D eigenvalue weighted by Crippen LogP contribution is -2.30. The summed E-state index contributed by atoms with van der Waals surface area (Å²) in [5.74, 6) is -0.244. The van der Waals surface area contributed by atoms with Crippen molar-refractivity contribution in [2.24, 2.45) is 0 Å². The van der Waals surface area contributed by atoms with E-state index >= 15 is 0 Å². The number of rotatable bonds is 6. The summed E-state index contributed by atoms with van der Waals surface area (Å²) in [4.78, 5) is 0. The molecular formula is C12H19FN2O2S. The van der Waals surface area contributed by atoms with Gasteiger partial charge in [0.25, 0.3) is 0 Å². The van der Waals surface area contributed by atoms with Crippen molar-refractivity contribution in [1.29, 1.82) is 0 Å². The van der Waals surface area contributed by atoms with E-state index in [1.54, 1.807) is 13.0 Å². The van der Waals surface area contributed by atoms with Crippen LogP contribution >= 0.6 is 0 Å². The van der Waals surface area contributed by atoms with Gasteiger partial charge in [0.2, 0.25) is 10.0 Å². The van der Waals surface area contributed by atoms with Crippen LogP contribution in [0.1, 0.15) is 24.1 Å². The quantitative estimate of drug-likeness (QED) is 0.823. The molecule has 1 rings (SSSR count). The van der Waals surface area contributed by atoms with E-state index in [-0.39, 0.29) is 17.6 Å². The molecule has 0 radical (unpaired) electrons. The summed E-state index contributed by atoms with van der Waals surface area (Å²) in [5, 5.41) is 3.05. The van der Waals surface area contributed by atoms with Crippen LogP contribution in [-0.2, 0) is 10.0 Å². The molecule has 2 N–H and O–H groups in total. The third-order valence-corrected chi connectivity index (χ3v) is 4.19. The Morgan fingerprint density at radius 3 is 2.61 bits per heavy atom. The molecule has 0 fully saturated rings. The molecule has 4 nitrogen and oxygen atoms in total. The average molecular weight is 274 g/mol. The van der Waals surface area contributed by atoms with Crippen molar-refractivity contribution in [2.75, 3.05) is 19.3 Å². The highest BCUT2D eigenvalue weighted by Crippen LogP contribution is 2.15. The predicted octanol–water partition coefficient (Wildman–Crippen LogP) is 1.33. The number of hydrogen-bond donors (Lipinski definition) is 2. The molecule has 6 heteroatoms. The van der Waals surface area contributed by atoms with Crippen molar-refractivity contribution in [2.45, 2.75) is 19.9 Å². The molecule has 0 aliphatic rings. The highest BCUT2D eigenvalue weighted by Gasteiger charge is 2.10. The lowest BCUT2D eigenvalue weighted by molar-refractivity contribution is 0.561. The maximum atomic E-state index is 13.4. The molecule has 0 spiro atoms. The first kappa shape index (κ1) is 15.1. The first-order valence-corrected chi connectivity index (χ1v) is 7.41. The van der Waals surface area contributed by atoms with Gasteiger partial charge in [-0.2, -0.15) is 0 Å². The highest BCUT2D eigenvalue weighted by atomic mass is 32.2. The third kappa shape index (κ3) is 4.36. The Labute approximate surface area is 108 Å². The first-order chi connectivity index (χ1) is 8.35. The van der Waals surface area contributed by atoms with E-state index in [1.165, 1.54) is 13.1 Å². The minimum atomic E-state index is -3.20. The first-order valence-electron chi connectivity index (χ1n) is 5.76. The second-order valence-corrected chi connectivity index (χ2v) is 6.25. The van der Waals surface area contributed by atoms with Gasteiger partial charge in [-0.25, -0.2) is 17.5 Å². The second-order valence-electron chi connectivity index (χ2n) is 4.21. The van der Waals surface area contributed by atoms with Crippen LogP contribution in [0.15, 0.2) is 18.2 Å². The van der Waals surface area contributed by atoms with E-state index in [4.69, 9.17) is 0 Å². The summed E-state index contributed by atoms with van der Waals surface area (Å²) >= 11 is 0. The van der Waals surface area contributed by atoms with Crippen molar-refractivity contribution in [3.63, 3.8) is 0 Å². The van der Waals surface area contributed by atoms with Gasteiger partial charge in [0.05, 0.1) is 5.75 Å². The lowest BCUT2D eigenvalue weighted by Gasteiger charge is -2.14. The molecule has 1 aromatic rings. The van der Waals surface area contributed by atoms with Crippen molar-refractivity contribution in [3.8, 4) is 0 Å². The van der Waals surface area contributed by atoms with Crippen LogP contribution in [0.2, 0.25) is 0 Å². The smallest absolute Gasteiger partial charge is 0.212 e. The zero-order valence-electron chi connectivity index (χ0n) is 10.8. The molecule has 0 saturated heterocycles. The normalized spacial score (nSPS) is 13.6. The van der Waals surface area contributed by atoms with Gasteiger partial charge in [0.15, 0.2) is 0 Å². The zero-order valence-corrected chi connectivity index (χ0v) is 11.6. The molecular weight excluding hydrogens is 255 g/mol. The Morgan fingerprint density at radius 1 is 1.39 bits per heavy atom. The van der Waals surface area contributed by atoms with E-state index in [2.05, 4.69) is 10.0 Å². The van der Waals surface area contributed by atoms with Crippen LogP contribution in [0.4, 0.5) is 4.39 Å². The van der Waals surface area contributed by atoms with Crippen molar-refractivity contribution in [1.82, 2.24) is 10.0 Å². The minimum absolute atomic E-state index is 0.00217. The highest BCUT2D eigenvalue weighted by molar-refractivity contribution is 7.89. The van der Waals surface area contributed by atoms with Gasteiger partial charge in [-0.1, -0.05) is 12.1 Å². The molecule has 0 amide bonds. The van der Waals surface area contributed by atoms with Crippen LogP contribution in [-0.4, -0.2) is 27.8 Å². The molecule has 0 aliphatic heterocycles. The fourth-order valence-electron chi connectivity index (χ4n) is 1.51. The number of halogens is 1. The number of nitrogens with one attached hydrogen (secondary N) is 2. The minimum Gasteiger partial charge on any atom is -0.309 e.